The highest BCUT2D eigenvalue weighted by atomic mass is 32.2. The normalized spacial score (nSPS) is 19.1. The summed E-state index contributed by atoms with van der Waals surface area (Å²) in [6, 6.07) is -0.00271. The van der Waals surface area contributed by atoms with Crippen molar-refractivity contribution in [2.24, 2.45) is 5.92 Å². The lowest BCUT2D eigenvalue weighted by Gasteiger charge is -2.32. The molecule has 0 amide bonds. The number of hydrogen-bond acceptors (Lipinski definition) is 3. The second-order valence-corrected chi connectivity index (χ2v) is 7.25. The van der Waals surface area contributed by atoms with Gasteiger partial charge in [-0.05, 0) is 45.7 Å². The van der Waals surface area contributed by atoms with Crippen molar-refractivity contribution in [1.82, 2.24) is 13.9 Å². The molecule has 5 nitrogen and oxygen atoms in total. The van der Waals surface area contributed by atoms with Crippen LogP contribution in [0.4, 0.5) is 0 Å². The van der Waals surface area contributed by atoms with Gasteiger partial charge in [0.05, 0.1) is 0 Å². The van der Waals surface area contributed by atoms with Gasteiger partial charge >= 0.3 is 0 Å². The molecular weight excluding hydrogens is 250 g/mol. The maximum Gasteiger partial charge on any atom is 0.281 e. The standard InChI is InChI=1S/C12H27N3O2S/c1-5-15(10-12-6-8-13-9-7-12)18(16,17)14(4)11(2)3/h11-13H,5-10H2,1-4H3. The van der Waals surface area contributed by atoms with Gasteiger partial charge in [-0.3, -0.25) is 0 Å². The van der Waals surface area contributed by atoms with Crippen molar-refractivity contribution in [2.45, 2.75) is 39.7 Å². The zero-order valence-electron chi connectivity index (χ0n) is 12.0. The summed E-state index contributed by atoms with van der Waals surface area (Å²) in [5, 5.41) is 3.31. The third-order valence-electron chi connectivity index (χ3n) is 3.69. The summed E-state index contributed by atoms with van der Waals surface area (Å²) in [5.41, 5.74) is 0. The molecule has 1 fully saturated rings. The van der Waals surface area contributed by atoms with Crippen LogP contribution in [0.15, 0.2) is 0 Å². The summed E-state index contributed by atoms with van der Waals surface area (Å²) in [5.74, 6) is 0.488. The van der Waals surface area contributed by atoms with E-state index in [-0.39, 0.29) is 6.04 Å². The average molecular weight is 277 g/mol. The molecule has 0 aliphatic carbocycles. The van der Waals surface area contributed by atoms with Crippen LogP contribution in [0.3, 0.4) is 0 Å². The summed E-state index contributed by atoms with van der Waals surface area (Å²) in [4.78, 5) is 0. The van der Waals surface area contributed by atoms with Crippen LogP contribution >= 0.6 is 0 Å². The van der Waals surface area contributed by atoms with Crippen LogP contribution in [0.1, 0.15) is 33.6 Å². The molecule has 1 aliphatic heterocycles. The van der Waals surface area contributed by atoms with Crippen molar-refractivity contribution in [2.75, 3.05) is 33.2 Å². The summed E-state index contributed by atoms with van der Waals surface area (Å²) in [6.07, 6.45) is 2.13. The summed E-state index contributed by atoms with van der Waals surface area (Å²) < 4.78 is 27.9. The SMILES string of the molecule is CCN(CC1CCNCC1)S(=O)(=O)N(C)C(C)C. The fourth-order valence-corrected chi connectivity index (χ4v) is 3.81. The van der Waals surface area contributed by atoms with Gasteiger partial charge in [0.2, 0.25) is 0 Å². The monoisotopic (exact) mass is 277 g/mol. The lowest BCUT2D eigenvalue weighted by atomic mass is 9.98. The Labute approximate surface area is 112 Å². The molecule has 1 rings (SSSR count). The smallest absolute Gasteiger partial charge is 0.281 e. The van der Waals surface area contributed by atoms with Crippen LogP contribution in [-0.2, 0) is 10.2 Å². The molecule has 1 heterocycles. The third kappa shape index (κ3) is 3.91. The van der Waals surface area contributed by atoms with E-state index in [1.807, 2.05) is 20.8 Å². The minimum atomic E-state index is -3.30. The molecule has 0 saturated carbocycles. The molecule has 0 aromatic carbocycles. The Balaban J connectivity index is 2.69. The molecule has 108 valence electrons. The van der Waals surface area contributed by atoms with Gasteiger partial charge in [-0.2, -0.15) is 17.0 Å². The van der Waals surface area contributed by atoms with Gasteiger partial charge in [0.1, 0.15) is 0 Å². The highest BCUT2D eigenvalue weighted by Gasteiger charge is 2.29. The molecule has 0 bridgehead atoms. The average Bonchev–Trinajstić information content (AvgIpc) is 2.35. The summed E-state index contributed by atoms with van der Waals surface area (Å²) in [6.45, 7) is 8.91. The lowest BCUT2D eigenvalue weighted by molar-refractivity contribution is 0.273. The quantitative estimate of drug-likeness (QED) is 0.784. The first kappa shape index (κ1) is 15.9. The van der Waals surface area contributed by atoms with Gasteiger partial charge in [0.15, 0.2) is 0 Å². The predicted octanol–water partition coefficient (Wildman–Crippen LogP) is 0.893. The highest BCUT2D eigenvalue weighted by Crippen LogP contribution is 2.17. The molecule has 1 N–H and O–H groups in total. The Hall–Kier alpha value is -0.170. The van der Waals surface area contributed by atoms with Crippen LogP contribution in [0.2, 0.25) is 0 Å². The minimum absolute atomic E-state index is 0.00271. The molecule has 1 aliphatic rings. The molecule has 0 spiro atoms. The van der Waals surface area contributed by atoms with Crippen LogP contribution < -0.4 is 5.32 Å². The maximum absolute atomic E-state index is 12.4. The van der Waals surface area contributed by atoms with E-state index in [1.165, 1.54) is 4.31 Å². The van der Waals surface area contributed by atoms with Crippen molar-refractivity contribution < 1.29 is 8.42 Å². The first-order valence-electron chi connectivity index (χ1n) is 6.83. The second-order valence-electron chi connectivity index (χ2n) is 5.26. The molecule has 0 unspecified atom stereocenters. The van der Waals surface area contributed by atoms with E-state index in [0.717, 1.165) is 25.9 Å². The zero-order chi connectivity index (χ0) is 13.8. The Morgan fingerprint density at radius 3 is 2.28 bits per heavy atom. The van der Waals surface area contributed by atoms with E-state index in [9.17, 15) is 8.42 Å². The molecule has 0 aromatic heterocycles. The number of rotatable bonds is 6. The minimum Gasteiger partial charge on any atom is -0.317 e. The number of nitrogens with one attached hydrogen (secondary N) is 1. The van der Waals surface area contributed by atoms with Gasteiger partial charge in [0, 0.05) is 26.2 Å². The van der Waals surface area contributed by atoms with Crippen LogP contribution in [0.25, 0.3) is 0 Å². The molecule has 0 aromatic rings. The van der Waals surface area contributed by atoms with Crippen molar-refractivity contribution in [3.63, 3.8) is 0 Å². The zero-order valence-corrected chi connectivity index (χ0v) is 12.8. The third-order valence-corrected chi connectivity index (χ3v) is 5.90. The Morgan fingerprint density at radius 2 is 1.83 bits per heavy atom. The van der Waals surface area contributed by atoms with E-state index < -0.39 is 10.2 Å². The fourth-order valence-electron chi connectivity index (χ4n) is 2.19. The van der Waals surface area contributed by atoms with Crippen LogP contribution in [0.5, 0.6) is 0 Å². The van der Waals surface area contributed by atoms with E-state index in [2.05, 4.69) is 5.32 Å². The topological polar surface area (TPSA) is 52.7 Å². The Kier molecular flexibility index (Phi) is 6.04. The van der Waals surface area contributed by atoms with Crippen molar-refractivity contribution in [3.05, 3.63) is 0 Å². The number of nitrogens with zero attached hydrogens (tertiary/aromatic N) is 2. The first-order chi connectivity index (χ1) is 8.39. The van der Waals surface area contributed by atoms with Crippen LogP contribution in [0, 0.1) is 5.92 Å². The summed E-state index contributed by atoms with van der Waals surface area (Å²) in [7, 11) is -1.65. The molecule has 0 radical (unpaired) electrons. The van der Waals surface area contributed by atoms with Gasteiger partial charge < -0.3 is 5.32 Å². The van der Waals surface area contributed by atoms with Gasteiger partial charge in [-0.25, -0.2) is 0 Å². The fraction of sp³-hybridized carbons (Fsp3) is 1.00. The largest absolute Gasteiger partial charge is 0.317 e. The van der Waals surface area contributed by atoms with Gasteiger partial charge in [-0.1, -0.05) is 6.92 Å². The Morgan fingerprint density at radius 1 is 1.28 bits per heavy atom. The maximum atomic E-state index is 12.4. The second kappa shape index (κ2) is 6.84. The molecule has 0 atom stereocenters. The van der Waals surface area contributed by atoms with Crippen molar-refractivity contribution >= 4 is 10.2 Å². The molecule has 1 saturated heterocycles. The van der Waals surface area contributed by atoms with E-state index in [1.54, 1.807) is 11.4 Å². The number of hydrogen-bond donors (Lipinski definition) is 1. The van der Waals surface area contributed by atoms with E-state index >= 15 is 0 Å². The molecule has 18 heavy (non-hydrogen) atoms. The molecule has 6 heteroatoms. The van der Waals surface area contributed by atoms with E-state index in [0.29, 0.717) is 19.0 Å². The van der Waals surface area contributed by atoms with Gasteiger partial charge in [-0.15, -0.1) is 0 Å². The first-order valence-corrected chi connectivity index (χ1v) is 8.23. The highest BCUT2D eigenvalue weighted by molar-refractivity contribution is 7.86. The van der Waals surface area contributed by atoms with Gasteiger partial charge in [0.25, 0.3) is 10.2 Å². The van der Waals surface area contributed by atoms with Crippen molar-refractivity contribution in [3.8, 4) is 0 Å². The predicted molar refractivity (Wildman–Crippen MR) is 74.7 cm³/mol. The Bertz CT molecular complexity index is 337. The number of piperidine rings is 1. The van der Waals surface area contributed by atoms with Crippen molar-refractivity contribution in [1.29, 1.82) is 0 Å². The van der Waals surface area contributed by atoms with E-state index in [4.69, 9.17) is 0 Å². The lowest BCUT2D eigenvalue weighted by Crippen LogP contribution is -2.47. The van der Waals surface area contributed by atoms with Crippen LogP contribution in [-0.4, -0.2) is 56.3 Å². The molecular formula is C12H27N3O2S. The summed E-state index contributed by atoms with van der Waals surface area (Å²) >= 11 is 0.